The third-order valence-corrected chi connectivity index (χ3v) is 9.08. The molecule has 0 saturated carbocycles. The van der Waals surface area contributed by atoms with E-state index in [1.807, 2.05) is 54.6 Å². The summed E-state index contributed by atoms with van der Waals surface area (Å²) in [5.74, 6) is 0.463. The van der Waals surface area contributed by atoms with Crippen molar-refractivity contribution in [1.29, 1.82) is 0 Å². The predicted octanol–water partition coefficient (Wildman–Crippen LogP) is 10.7. The molecule has 2 aliphatic heterocycles. The van der Waals surface area contributed by atoms with Crippen LogP contribution in [0.2, 0.25) is 0 Å². The molecule has 0 spiro atoms. The number of nitrogens with one attached hydrogen (secondary N) is 2. The normalized spacial score (nSPS) is 12.0. The first kappa shape index (κ1) is 29.2. The number of hydrogen-bond acceptors (Lipinski definition) is 4. The lowest BCUT2D eigenvalue weighted by molar-refractivity contribution is 0.475. The van der Waals surface area contributed by atoms with Crippen molar-refractivity contribution in [2.24, 2.45) is 0 Å². The first-order valence-electron chi connectivity index (χ1n) is 16.4. The molecule has 0 atom stereocenters. The van der Waals surface area contributed by atoms with E-state index in [4.69, 9.17) is 9.97 Å². The zero-order valence-electron chi connectivity index (χ0n) is 26.8. The first-order chi connectivity index (χ1) is 24.5. The van der Waals surface area contributed by atoms with Gasteiger partial charge in [-0.3, -0.25) is 0 Å². The van der Waals surface area contributed by atoms with Crippen LogP contribution in [0.4, 0.5) is 0 Å². The Morgan fingerprint density at radius 3 is 1.44 bits per heavy atom. The minimum atomic E-state index is 0.226. The summed E-state index contributed by atoms with van der Waals surface area (Å²) in [5, 5.41) is 20.3. The van der Waals surface area contributed by atoms with Gasteiger partial charge in [0, 0.05) is 33.2 Å². The number of rotatable bonds is 4. The molecule has 6 heteroatoms. The molecule has 8 bridgehead atoms. The Morgan fingerprint density at radius 1 is 0.380 bits per heavy atom. The molecule has 0 saturated heterocycles. The number of H-pyrrole nitrogens is 2. The van der Waals surface area contributed by atoms with Gasteiger partial charge in [-0.25, -0.2) is 9.97 Å². The fraction of sp³-hybridized carbons (Fsp3) is 0. The molecule has 0 aliphatic carbocycles. The maximum absolute atomic E-state index is 10.2. The summed E-state index contributed by atoms with van der Waals surface area (Å²) < 4.78 is 0. The quantitative estimate of drug-likeness (QED) is 0.153. The number of fused-ring (bicyclic) bond motifs is 8. The lowest BCUT2D eigenvalue weighted by Gasteiger charge is -2.08. The minimum absolute atomic E-state index is 0.226. The Morgan fingerprint density at radius 2 is 0.860 bits per heavy atom. The molecule has 3 aromatic heterocycles. The molecule has 0 fully saturated rings. The number of aromatic nitrogens is 4. The SMILES string of the molecule is Oc1cccc(-c2ccc(-c3c4nc(c(-c5cccc(-c6cccc(O)c6)c5)c5ccc(cc6nc(cc7ccc3[nH]7)C=C6)[nH]5)C=C4)cc2)c1. The minimum Gasteiger partial charge on any atom is -0.508 e. The summed E-state index contributed by atoms with van der Waals surface area (Å²) in [6.45, 7) is 0. The van der Waals surface area contributed by atoms with Gasteiger partial charge in [0.15, 0.2) is 0 Å². The molecular formula is C44H30N4O2. The van der Waals surface area contributed by atoms with Crippen LogP contribution in [0.25, 0.3) is 90.9 Å². The molecule has 50 heavy (non-hydrogen) atoms. The highest BCUT2D eigenvalue weighted by Gasteiger charge is 2.16. The van der Waals surface area contributed by atoms with Crippen LogP contribution < -0.4 is 0 Å². The molecular weight excluding hydrogens is 617 g/mol. The lowest BCUT2D eigenvalue weighted by Crippen LogP contribution is -1.89. The van der Waals surface area contributed by atoms with Crippen molar-refractivity contribution in [2.45, 2.75) is 0 Å². The van der Waals surface area contributed by atoms with Crippen LogP contribution in [-0.4, -0.2) is 30.1 Å². The van der Waals surface area contributed by atoms with Gasteiger partial charge in [0.1, 0.15) is 11.5 Å². The predicted molar refractivity (Wildman–Crippen MR) is 204 cm³/mol. The van der Waals surface area contributed by atoms with Crippen LogP contribution in [-0.2, 0) is 0 Å². The maximum Gasteiger partial charge on any atom is 0.116 e. The number of hydrogen-bond donors (Lipinski definition) is 4. The molecule has 9 rings (SSSR count). The number of phenols is 2. The summed E-state index contributed by atoms with van der Waals surface area (Å²) in [4.78, 5) is 17.4. The van der Waals surface area contributed by atoms with Crippen molar-refractivity contribution < 1.29 is 10.2 Å². The number of aromatic amines is 2. The van der Waals surface area contributed by atoms with E-state index in [9.17, 15) is 10.2 Å². The van der Waals surface area contributed by atoms with Gasteiger partial charge in [-0.05, 0) is 124 Å². The van der Waals surface area contributed by atoms with Crippen LogP contribution in [0.1, 0.15) is 22.8 Å². The number of benzene rings is 4. The Bertz CT molecular complexity index is 2680. The van der Waals surface area contributed by atoms with Crippen LogP contribution in [0, 0.1) is 0 Å². The summed E-state index contributed by atoms with van der Waals surface area (Å²) in [7, 11) is 0. The van der Waals surface area contributed by atoms with E-state index >= 15 is 0 Å². The average molecular weight is 647 g/mol. The molecule has 0 radical (unpaired) electrons. The van der Waals surface area contributed by atoms with Crippen molar-refractivity contribution in [3.8, 4) is 56.0 Å². The van der Waals surface area contributed by atoms with Crippen LogP contribution in [0.5, 0.6) is 11.5 Å². The second-order valence-electron chi connectivity index (χ2n) is 12.5. The fourth-order valence-electron chi connectivity index (χ4n) is 6.74. The standard InChI is InChI=1S/C44H30N4O2/c49-37-8-2-5-30(23-37)27-10-12-28(13-11-27)43-39-18-16-35(46-39)25-33-14-15-34(45-33)26-36-17-19-40(47-36)44(42-21-20-41(43)48-42)32-7-1-4-29(22-32)31-6-3-9-38(50)24-31/h1-26,46-47,49-50H. The average Bonchev–Trinajstić information content (AvgIpc) is 3.96. The third-order valence-electron chi connectivity index (χ3n) is 9.08. The van der Waals surface area contributed by atoms with Crippen molar-refractivity contribution >= 4 is 46.4 Å². The highest BCUT2D eigenvalue weighted by atomic mass is 16.3. The topological polar surface area (TPSA) is 97.8 Å². The van der Waals surface area contributed by atoms with Gasteiger partial charge in [-0.2, -0.15) is 0 Å². The van der Waals surface area contributed by atoms with E-state index in [0.29, 0.717) is 0 Å². The number of phenolic OH excluding ortho intramolecular Hbond substituents is 2. The molecule has 238 valence electrons. The molecule has 6 nitrogen and oxygen atoms in total. The molecule has 0 amide bonds. The van der Waals surface area contributed by atoms with E-state index in [0.717, 1.165) is 89.4 Å². The molecule has 0 unspecified atom stereocenters. The van der Waals surface area contributed by atoms with Crippen LogP contribution >= 0.6 is 0 Å². The number of aromatic hydroxyl groups is 2. The molecule has 4 N–H and O–H groups in total. The highest BCUT2D eigenvalue weighted by molar-refractivity contribution is 5.96. The fourth-order valence-corrected chi connectivity index (χ4v) is 6.74. The highest BCUT2D eigenvalue weighted by Crippen LogP contribution is 2.37. The van der Waals surface area contributed by atoms with E-state index in [-0.39, 0.29) is 11.5 Å². The summed E-state index contributed by atoms with van der Waals surface area (Å²) in [5.41, 5.74) is 14.9. The Hall–Kier alpha value is -6.92. The monoisotopic (exact) mass is 646 g/mol. The van der Waals surface area contributed by atoms with E-state index in [1.165, 1.54) is 0 Å². The number of nitrogens with zero attached hydrogens (tertiary/aromatic N) is 2. The second-order valence-corrected chi connectivity index (χ2v) is 12.5. The van der Waals surface area contributed by atoms with Crippen molar-refractivity contribution in [1.82, 2.24) is 19.9 Å². The van der Waals surface area contributed by atoms with Crippen LogP contribution in [0.3, 0.4) is 0 Å². The zero-order chi connectivity index (χ0) is 33.6. The Balaban J connectivity index is 1.31. The van der Waals surface area contributed by atoms with Gasteiger partial charge in [0.05, 0.1) is 22.8 Å². The van der Waals surface area contributed by atoms with Gasteiger partial charge in [-0.15, -0.1) is 0 Å². The van der Waals surface area contributed by atoms with Gasteiger partial charge in [0.2, 0.25) is 0 Å². The van der Waals surface area contributed by atoms with E-state index in [2.05, 4.69) is 88.9 Å². The lowest BCUT2D eigenvalue weighted by atomic mass is 9.98. The van der Waals surface area contributed by atoms with Crippen molar-refractivity contribution in [3.05, 3.63) is 156 Å². The first-order valence-corrected chi connectivity index (χ1v) is 16.4. The second kappa shape index (κ2) is 12.0. The Kier molecular flexibility index (Phi) is 6.99. The summed E-state index contributed by atoms with van der Waals surface area (Å²) in [6.07, 6.45) is 8.20. The van der Waals surface area contributed by atoms with Gasteiger partial charge in [0.25, 0.3) is 0 Å². The zero-order valence-corrected chi connectivity index (χ0v) is 26.8. The van der Waals surface area contributed by atoms with Gasteiger partial charge < -0.3 is 20.2 Å². The molecule has 4 aromatic carbocycles. The van der Waals surface area contributed by atoms with E-state index < -0.39 is 0 Å². The van der Waals surface area contributed by atoms with Crippen LogP contribution in [0.15, 0.2) is 133 Å². The van der Waals surface area contributed by atoms with Gasteiger partial charge >= 0.3 is 0 Å². The van der Waals surface area contributed by atoms with Gasteiger partial charge in [-0.1, -0.05) is 66.7 Å². The third kappa shape index (κ3) is 5.55. The van der Waals surface area contributed by atoms with Crippen molar-refractivity contribution in [3.63, 3.8) is 0 Å². The largest absolute Gasteiger partial charge is 0.508 e. The molecule has 5 heterocycles. The Labute approximate surface area is 288 Å². The maximum atomic E-state index is 10.2. The smallest absolute Gasteiger partial charge is 0.116 e. The van der Waals surface area contributed by atoms with Crippen molar-refractivity contribution in [2.75, 3.05) is 0 Å². The summed E-state index contributed by atoms with van der Waals surface area (Å²) >= 11 is 0. The summed E-state index contributed by atoms with van der Waals surface area (Å²) in [6, 6.07) is 43.7. The molecule has 7 aromatic rings. The van der Waals surface area contributed by atoms with E-state index in [1.54, 1.807) is 24.3 Å². The molecule has 2 aliphatic rings.